The van der Waals surface area contributed by atoms with Crippen LogP contribution in [-0.4, -0.2) is 26.3 Å². The highest BCUT2D eigenvalue weighted by atomic mass is 16.5. The van der Waals surface area contributed by atoms with Crippen LogP contribution < -0.4 is 14.8 Å². The highest BCUT2D eigenvalue weighted by Crippen LogP contribution is 2.33. The lowest BCUT2D eigenvalue weighted by Gasteiger charge is -2.15. The van der Waals surface area contributed by atoms with Crippen molar-refractivity contribution in [2.75, 3.05) is 20.3 Å². The number of methoxy groups -OCH3 is 1. The van der Waals surface area contributed by atoms with E-state index in [1.165, 1.54) is 18.4 Å². The fourth-order valence-electron chi connectivity index (χ4n) is 2.31. The average Bonchev–Trinajstić information content (AvgIpc) is 3.27. The standard InChI is InChI=1S/C18H27NO2/c1-5-21-17-8-6-7-14(18(17)20-4)11-15(13(2)3)12-19-16-9-10-16/h6-8,11,13,16,19H,5,9-10,12H2,1-4H3. The van der Waals surface area contributed by atoms with Gasteiger partial charge in [-0.15, -0.1) is 0 Å². The second kappa shape index (κ2) is 7.51. The molecular formula is C18H27NO2. The van der Waals surface area contributed by atoms with Crippen LogP contribution in [0.3, 0.4) is 0 Å². The second-order valence-electron chi connectivity index (χ2n) is 5.84. The van der Waals surface area contributed by atoms with Gasteiger partial charge in [0.25, 0.3) is 0 Å². The van der Waals surface area contributed by atoms with Gasteiger partial charge in [0.2, 0.25) is 0 Å². The van der Waals surface area contributed by atoms with Gasteiger partial charge in [0, 0.05) is 18.2 Å². The third-order valence-electron chi connectivity index (χ3n) is 3.77. The lowest BCUT2D eigenvalue weighted by atomic mass is 9.99. The van der Waals surface area contributed by atoms with Gasteiger partial charge >= 0.3 is 0 Å². The van der Waals surface area contributed by atoms with Gasteiger partial charge in [0.15, 0.2) is 11.5 Å². The number of rotatable bonds is 8. The lowest BCUT2D eigenvalue weighted by Crippen LogP contribution is -2.21. The van der Waals surface area contributed by atoms with Gasteiger partial charge in [-0.3, -0.25) is 0 Å². The maximum Gasteiger partial charge on any atom is 0.167 e. The van der Waals surface area contributed by atoms with Crippen molar-refractivity contribution in [3.8, 4) is 11.5 Å². The highest BCUT2D eigenvalue weighted by molar-refractivity contribution is 5.64. The SMILES string of the molecule is CCOc1cccc(C=C(CNC2CC2)C(C)C)c1OC. The summed E-state index contributed by atoms with van der Waals surface area (Å²) in [5.41, 5.74) is 2.48. The molecule has 0 unspecified atom stereocenters. The largest absolute Gasteiger partial charge is 0.492 e. The summed E-state index contributed by atoms with van der Waals surface area (Å²) in [5, 5.41) is 3.60. The molecule has 0 heterocycles. The highest BCUT2D eigenvalue weighted by Gasteiger charge is 2.21. The van der Waals surface area contributed by atoms with Crippen molar-refractivity contribution in [1.29, 1.82) is 0 Å². The van der Waals surface area contributed by atoms with E-state index in [9.17, 15) is 0 Å². The van der Waals surface area contributed by atoms with Gasteiger partial charge in [-0.05, 0) is 31.7 Å². The van der Waals surface area contributed by atoms with Crippen molar-refractivity contribution in [3.05, 3.63) is 29.3 Å². The maximum atomic E-state index is 5.65. The van der Waals surface area contributed by atoms with Gasteiger partial charge < -0.3 is 14.8 Å². The molecule has 1 aromatic rings. The molecule has 2 rings (SSSR count). The molecule has 0 amide bonds. The number of nitrogens with one attached hydrogen (secondary N) is 1. The van der Waals surface area contributed by atoms with E-state index in [1.807, 2.05) is 19.1 Å². The summed E-state index contributed by atoms with van der Waals surface area (Å²) >= 11 is 0. The van der Waals surface area contributed by atoms with Crippen molar-refractivity contribution in [3.63, 3.8) is 0 Å². The average molecular weight is 289 g/mol. The molecule has 3 heteroatoms. The lowest BCUT2D eigenvalue weighted by molar-refractivity contribution is 0.310. The van der Waals surface area contributed by atoms with E-state index in [0.717, 1.165) is 29.6 Å². The van der Waals surface area contributed by atoms with Gasteiger partial charge in [-0.1, -0.05) is 37.6 Å². The van der Waals surface area contributed by atoms with Crippen LogP contribution in [0.2, 0.25) is 0 Å². The molecule has 116 valence electrons. The van der Waals surface area contributed by atoms with E-state index in [0.29, 0.717) is 12.5 Å². The third kappa shape index (κ3) is 4.50. The molecule has 1 fully saturated rings. The Kier molecular flexibility index (Phi) is 5.68. The summed E-state index contributed by atoms with van der Waals surface area (Å²) in [4.78, 5) is 0. The molecule has 0 bridgehead atoms. The first-order valence-electron chi connectivity index (χ1n) is 7.89. The molecule has 0 atom stereocenters. The third-order valence-corrected chi connectivity index (χ3v) is 3.77. The fraction of sp³-hybridized carbons (Fsp3) is 0.556. The van der Waals surface area contributed by atoms with Crippen LogP contribution in [0.4, 0.5) is 0 Å². The number of hydrogen-bond donors (Lipinski definition) is 1. The van der Waals surface area contributed by atoms with Crippen molar-refractivity contribution in [2.45, 2.75) is 39.7 Å². The Morgan fingerprint density at radius 3 is 2.71 bits per heavy atom. The van der Waals surface area contributed by atoms with Crippen LogP contribution in [0, 0.1) is 5.92 Å². The van der Waals surface area contributed by atoms with Crippen LogP contribution in [0.15, 0.2) is 23.8 Å². The summed E-state index contributed by atoms with van der Waals surface area (Å²) in [5.74, 6) is 2.15. The molecule has 1 aliphatic carbocycles. The first-order chi connectivity index (χ1) is 10.2. The number of ether oxygens (including phenoxy) is 2. The predicted molar refractivity (Wildman–Crippen MR) is 88.0 cm³/mol. The van der Waals surface area contributed by atoms with Crippen LogP contribution in [0.5, 0.6) is 11.5 Å². The number of para-hydroxylation sites is 1. The van der Waals surface area contributed by atoms with Crippen LogP contribution in [-0.2, 0) is 0 Å². The van der Waals surface area contributed by atoms with E-state index >= 15 is 0 Å². The van der Waals surface area contributed by atoms with Gasteiger partial charge in [-0.25, -0.2) is 0 Å². The maximum absolute atomic E-state index is 5.65. The van der Waals surface area contributed by atoms with Crippen molar-refractivity contribution in [2.24, 2.45) is 5.92 Å². The molecule has 0 spiro atoms. The zero-order chi connectivity index (χ0) is 15.2. The van der Waals surface area contributed by atoms with Gasteiger partial charge in [-0.2, -0.15) is 0 Å². The summed E-state index contributed by atoms with van der Waals surface area (Å²) in [6.45, 7) is 8.05. The van der Waals surface area contributed by atoms with Crippen LogP contribution in [0.25, 0.3) is 6.08 Å². The van der Waals surface area contributed by atoms with Crippen molar-refractivity contribution >= 4 is 6.08 Å². The molecule has 1 saturated carbocycles. The van der Waals surface area contributed by atoms with E-state index < -0.39 is 0 Å². The summed E-state index contributed by atoms with van der Waals surface area (Å²) in [6, 6.07) is 6.78. The smallest absolute Gasteiger partial charge is 0.167 e. The number of benzene rings is 1. The minimum atomic E-state index is 0.511. The zero-order valence-electron chi connectivity index (χ0n) is 13.6. The normalized spacial score (nSPS) is 15.4. The molecule has 1 aromatic carbocycles. The molecule has 3 nitrogen and oxygen atoms in total. The van der Waals surface area contributed by atoms with E-state index in [4.69, 9.17) is 9.47 Å². The van der Waals surface area contributed by atoms with Gasteiger partial charge in [0.05, 0.1) is 13.7 Å². The van der Waals surface area contributed by atoms with Crippen molar-refractivity contribution < 1.29 is 9.47 Å². The van der Waals surface area contributed by atoms with Crippen molar-refractivity contribution in [1.82, 2.24) is 5.32 Å². The number of hydrogen-bond acceptors (Lipinski definition) is 3. The first-order valence-corrected chi connectivity index (χ1v) is 7.89. The van der Waals surface area contributed by atoms with E-state index in [-0.39, 0.29) is 0 Å². The Bertz CT molecular complexity index is 490. The molecule has 0 radical (unpaired) electrons. The topological polar surface area (TPSA) is 30.5 Å². The Balaban J connectivity index is 2.23. The molecule has 1 N–H and O–H groups in total. The predicted octanol–water partition coefficient (Wildman–Crippen LogP) is 3.89. The molecule has 0 aliphatic heterocycles. The van der Waals surface area contributed by atoms with E-state index in [1.54, 1.807) is 7.11 Å². The molecule has 0 saturated heterocycles. The Hall–Kier alpha value is -1.48. The monoisotopic (exact) mass is 289 g/mol. The zero-order valence-corrected chi connectivity index (χ0v) is 13.6. The Morgan fingerprint density at radius 1 is 1.38 bits per heavy atom. The minimum Gasteiger partial charge on any atom is -0.492 e. The summed E-state index contributed by atoms with van der Waals surface area (Å²) in [7, 11) is 1.70. The summed E-state index contributed by atoms with van der Waals surface area (Å²) < 4.78 is 11.2. The molecule has 1 aliphatic rings. The van der Waals surface area contributed by atoms with Crippen LogP contribution in [0.1, 0.15) is 39.2 Å². The summed E-state index contributed by atoms with van der Waals surface area (Å²) in [6.07, 6.45) is 4.87. The minimum absolute atomic E-state index is 0.511. The quantitative estimate of drug-likeness (QED) is 0.787. The molecular weight excluding hydrogens is 262 g/mol. The second-order valence-corrected chi connectivity index (χ2v) is 5.84. The Morgan fingerprint density at radius 2 is 2.14 bits per heavy atom. The molecule has 0 aromatic heterocycles. The Labute approximate surface area is 128 Å². The first kappa shape index (κ1) is 15.9. The molecule has 21 heavy (non-hydrogen) atoms. The van der Waals surface area contributed by atoms with Crippen LogP contribution >= 0.6 is 0 Å². The fourth-order valence-corrected chi connectivity index (χ4v) is 2.31. The van der Waals surface area contributed by atoms with Gasteiger partial charge in [0.1, 0.15) is 0 Å². The van der Waals surface area contributed by atoms with E-state index in [2.05, 4.69) is 31.3 Å².